The molecule has 22 heavy (non-hydrogen) atoms. The fraction of sp³-hybridized carbons (Fsp3) is 0.529. The van der Waals surface area contributed by atoms with Gasteiger partial charge in [-0.15, -0.1) is 0 Å². The Labute approximate surface area is 132 Å². The molecule has 0 saturated carbocycles. The van der Waals surface area contributed by atoms with Crippen LogP contribution in [-0.2, 0) is 11.3 Å². The highest BCUT2D eigenvalue weighted by Crippen LogP contribution is 2.21. The summed E-state index contributed by atoms with van der Waals surface area (Å²) in [6.07, 6.45) is 3.94. The maximum absolute atomic E-state index is 11.7. The molecule has 0 aromatic heterocycles. The number of rotatable bonds is 6. The Morgan fingerprint density at radius 3 is 2.64 bits per heavy atom. The van der Waals surface area contributed by atoms with Crippen molar-refractivity contribution in [3.05, 3.63) is 29.8 Å². The number of anilines is 1. The van der Waals surface area contributed by atoms with E-state index >= 15 is 0 Å². The molecule has 0 atom stereocenters. The molecule has 1 aromatic rings. The van der Waals surface area contributed by atoms with Gasteiger partial charge in [0.15, 0.2) is 5.96 Å². The summed E-state index contributed by atoms with van der Waals surface area (Å²) in [5, 5.41) is 6.59. The van der Waals surface area contributed by atoms with Crippen LogP contribution in [0.3, 0.4) is 0 Å². The summed E-state index contributed by atoms with van der Waals surface area (Å²) in [6.45, 7) is 4.67. The van der Waals surface area contributed by atoms with Gasteiger partial charge in [0.25, 0.3) is 0 Å². The summed E-state index contributed by atoms with van der Waals surface area (Å²) < 4.78 is 0. The molecule has 1 aliphatic rings. The van der Waals surface area contributed by atoms with E-state index < -0.39 is 0 Å². The molecule has 0 spiro atoms. The quantitative estimate of drug-likeness (QED) is 0.481. The van der Waals surface area contributed by atoms with Crippen molar-refractivity contribution in [2.45, 2.75) is 39.2 Å². The average molecular weight is 302 g/mol. The Balaban J connectivity index is 1.84. The van der Waals surface area contributed by atoms with Gasteiger partial charge in [-0.1, -0.05) is 25.5 Å². The van der Waals surface area contributed by atoms with E-state index in [1.807, 2.05) is 17.0 Å². The van der Waals surface area contributed by atoms with E-state index in [4.69, 9.17) is 0 Å². The summed E-state index contributed by atoms with van der Waals surface area (Å²) >= 11 is 0. The van der Waals surface area contributed by atoms with Crippen LogP contribution in [0.25, 0.3) is 0 Å². The van der Waals surface area contributed by atoms with E-state index in [-0.39, 0.29) is 5.91 Å². The predicted octanol–water partition coefficient (Wildman–Crippen LogP) is 2.28. The monoisotopic (exact) mass is 302 g/mol. The molecular weight excluding hydrogens is 276 g/mol. The van der Waals surface area contributed by atoms with Gasteiger partial charge in [0.05, 0.1) is 0 Å². The Morgan fingerprint density at radius 1 is 1.27 bits per heavy atom. The number of benzene rings is 1. The van der Waals surface area contributed by atoms with Gasteiger partial charge in [-0.3, -0.25) is 9.79 Å². The van der Waals surface area contributed by atoms with Crippen molar-refractivity contribution in [1.29, 1.82) is 0 Å². The van der Waals surface area contributed by atoms with Crippen LogP contribution in [0.4, 0.5) is 5.69 Å². The van der Waals surface area contributed by atoms with Gasteiger partial charge in [-0.2, -0.15) is 0 Å². The molecule has 1 fully saturated rings. The fourth-order valence-electron chi connectivity index (χ4n) is 2.50. The molecule has 0 aliphatic carbocycles. The highest BCUT2D eigenvalue weighted by atomic mass is 16.2. The smallest absolute Gasteiger partial charge is 0.227 e. The zero-order valence-electron chi connectivity index (χ0n) is 13.6. The molecule has 5 heteroatoms. The number of amides is 1. The molecule has 1 heterocycles. The lowest BCUT2D eigenvalue weighted by Crippen LogP contribution is -2.37. The molecule has 1 amide bonds. The Morgan fingerprint density at radius 2 is 2.05 bits per heavy atom. The summed E-state index contributed by atoms with van der Waals surface area (Å²) in [6, 6.07) is 8.17. The molecule has 0 radical (unpaired) electrons. The van der Waals surface area contributed by atoms with Gasteiger partial charge in [-0.25, -0.2) is 0 Å². The van der Waals surface area contributed by atoms with E-state index in [9.17, 15) is 4.79 Å². The first-order chi connectivity index (χ1) is 10.7. The third-order valence-electron chi connectivity index (χ3n) is 3.83. The number of unbranched alkanes of at least 4 members (excludes halogenated alkanes) is 1. The molecule has 0 bridgehead atoms. The van der Waals surface area contributed by atoms with Crippen LogP contribution in [0.15, 0.2) is 29.3 Å². The SMILES string of the molecule is CCCCNC(=NC)NCc1ccc(N2CCCC2=O)cc1. The molecule has 1 aromatic carbocycles. The maximum Gasteiger partial charge on any atom is 0.227 e. The van der Waals surface area contributed by atoms with Crippen molar-refractivity contribution >= 4 is 17.6 Å². The van der Waals surface area contributed by atoms with Gasteiger partial charge in [-0.05, 0) is 30.5 Å². The predicted molar refractivity (Wildman–Crippen MR) is 91.1 cm³/mol. The number of hydrogen-bond donors (Lipinski definition) is 2. The summed E-state index contributed by atoms with van der Waals surface area (Å²) in [5.41, 5.74) is 2.17. The van der Waals surface area contributed by atoms with Crippen LogP contribution in [0.1, 0.15) is 38.2 Å². The standard InChI is InChI=1S/C17H26N4O/c1-3-4-11-19-17(18-2)20-13-14-7-9-15(10-8-14)21-12-5-6-16(21)22/h7-10H,3-6,11-13H2,1-2H3,(H2,18,19,20). The minimum absolute atomic E-state index is 0.228. The minimum Gasteiger partial charge on any atom is -0.356 e. The molecule has 2 rings (SSSR count). The van der Waals surface area contributed by atoms with E-state index in [2.05, 4.69) is 34.7 Å². The second-order valence-electron chi connectivity index (χ2n) is 5.52. The number of carbonyl (C=O) groups excluding carboxylic acids is 1. The molecule has 120 valence electrons. The molecular formula is C17H26N4O. The van der Waals surface area contributed by atoms with E-state index in [1.54, 1.807) is 7.05 Å². The third-order valence-corrected chi connectivity index (χ3v) is 3.83. The molecule has 1 aliphatic heterocycles. The van der Waals surface area contributed by atoms with Crippen molar-refractivity contribution < 1.29 is 4.79 Å². The Kier molecular flexibility index (Phi) is 6.25. The van der Waals surface area contributed by atoms with Crippen LogP contribution in [0.2, 0.25) is 0 Å². The number of nitrogens with one attached hydrogen (secondary N) is 2. The zero-order valence-corrected chi connectivity index (χ0v) is 13.6. The lowest BCUT2D eigenvalue weighted by atomic mass is 10.2. The Bertz CT molecular complexity index is 510. The molecule has 1 saturated heterocycles. The van der Waals surface area contributed by atoms with E-state index in [1.165, 1.54) is 12.0 Å². The minimum atomic E-state index is 0.228. The largest absolute Gasteiger partial charge is 0.356 e. The third kappa shape index (κ3) is 4.48. The maximum atomic E-state index is 11.7. The second-order valence-corrected chi connectivity index (χ2v) is 5.52. The number of nitrogens with zero attached hydrogens (tertiary/aromatic N) is 2. The molecule has 5 nitrogen and oxygen atoms in total. The second kappa shape index (κ2) is 8.41. The van der Waals surface area contributed by atoms with Crippen LogP contribution in [0, 0.1) is 0 Å². The average Bonchev–Trinajstić information content (AvgIpc) is 2.97. The first kappa shape index (κ1) is 16.3. The summed E-state index contributed by atoms with van der Waals surface area (Å²) in [7, 11) is 1.78. The van der Waals surface area contributed by atoms with Crippen molar-refractivity contribution in [1.82, 2.24) is 10.6 Å². The topological polar surface area (TPSA) is 56.7 Å². The van der Waals surface area contributed by atoms with Gasteiger partial charge in [0.1, 0.15) is 0 Å². The fourth-order valence-corrected chi connectivity index (χ4v) is 2.50. The van der Waals surface area contributed by atoms with Crippen molar-refractivity contribution in [3.8, 4) is 0 Å². The number of aliphatic imine (C=N–C) groups is 1. The normalized spacial score (nSPS) is 15.3. The lowest BCUT2D eigenvalue weighted by Gasteiger charge is -2.16. The summed E-state index contributed by atoms with van der Waals surface area (Å²) in [5.74, 6) is 1.05. The van der Waals surface area contributed by atoms with Crippen LogP contribution in [-0.4, -0.2) is 32.0 Å². The lowest BCUT2D eigenvalue weighted by molar-refractivity contribution is -0.117. The Hall–Kier alpha value is -2.04. The van der Waals surface area contributed by atoms with Gasteiger partial charge < -0.3 is 15.5 Å². The first-order valence-electron chi connectivity index (χ1n) is 8.08. The highest BCUT2D eigenvalue weighted by Gasteiger charge is 2.21. The molecule has 0 unspecified atom stereocenters. The van der Waals surface area contributed by atoms with Crippen molar-refractivity contribution in [2.75, 3.05) is 25.0 Å². The number of carbonyl (C=O) groups is 1. The van der Waals surface area contributed by atoms with Gasteiger partial charge >= 0.3 is 0 Å². The van der Waals surface area contributed by atoms with Gasteiger partial charge in [0.2, 0.25) is 5.91 Å². The van der Waals surface area contributed by atoms with Crippen LogP contribution >= 0.6 is 0 Å². The molecule has 2 N–H and O–H groups in total. The number of guanidine groups is 1. The van der Waals surface area contributed by atoms with Crippen molar-refractivity contribution in [2.24, 2.45) is 4.99 Å². The summed E-state index contributed by atoms with van der Waals surface area (Å²) in [4.78, 5) is 17.8. The van der Waals surface area contributed by atoms with Crippen molar-refractivity contribution in [3.63, 3.8) is 0 Å². The first-order valence-corrected chi connectivity index (χ1v) is 8.08. The van der Waals surface area contributed by atoms with Gasteiger partial charge in [0, 0.05) is 38.8 Å². The highest BCUT2D eigenvalue weighted by molar-refractivity contribution is 5.95. The zero-order chi connectivity index (χ0) is 15.8. The number of hydrogen-bond acceptors (Lipinski definition) is 2. The van der Waals surface area contributed by atoms with Crippen LogP contribution in [0.5, 0.6) is 0 Å². The van der Waals surface area contributed by atoms with Crippen LogP contribution < -0.4 is 15.5 Å². The van der Waals surface area contributed by atoms with E-state index in [0.717, 1.165) is 44.1 Å². The van der Waals surface area contributed by atoms with E-state index in [0.29, 0.717) is 6.42 Å².